The van der Waals surface area contributed by atoms with Crippen molar-refractivity contribution in [1.82, 2.24) is 15.3 Å². The quantitative estimate of drug-likeness (QED) is 0.0802. The second-order valence-electron chi connectivity index (χ2n) is 6.87. The number of nitrogens with two attached hydrogens (primary N) is 5. The predicted octanol–water partition coefficient (Wildman–Crippen LogP) is -2.45. The van der Waals surface area contributed by atoms with Gasteiger partial charge in [0.05, 0.1) is 12.0 Å². The molecule has 0 spiro atoms. The van der Waals surface area contributed by atoms with Gasteiger partial charge in [0.2, 0.25) is 0 Å². The molecule has 0 saturated heterocycles. The number of nitrogens with one attached hydrogen (secondary N) is 3. The van der Waals surface area contributed by atoms with Gasteiger partial charge in [0.15, 0.2) is 5.96 Å². The van der Waals surface area contributed by atoms with Crippen LogP contribution in [0.4, 0.5) is 0 Å². The number of carboxylic acid groups (broad SMARTS) is 3. The van der Waals surface area contributed by atoms with E-state index >= 15 is 0 Å². The minimum Gasteiger partial charge on any atom is -0.480 e. The summed E-state index contributed by atoms with van der Waals surface area (Å²) in [5, 5.41) is 34.5. The van der Waals surface area contributed by atoms with Gasteiger partial charge in [-0.3, -0.25) is 19.8 Å². The minimum atomic E-state index is -1.01. The van der Waals surface area contributed by atoms with Gasteiger partial charge in [-0.25, -0.2) is 4.98 Å². The van der Waals surface area contributed by atoms with Crippen LogP contribution in [-0.2, 0) is 20.8 Å². The Bertz CT molecular complexity index is 687. The summed E-state index contributed by atoms with van der Waals surface area (Å²) >= 11 is 0. The van der Waals surface area contributed by atoms with Gasteiger partial charge in [0.25, 0.3) is 0 Å². The van der Waals surface area contributed by atoms with Gasteiger partial charge < -0.3 is 54.3 Å². The fourth-order valence-corrected chi connectivity index (χ4v) is 2.02. The van der Waals surface area contributed by atoms with E-state index in [2.05, 4.69) is 15.3 Å². The third kappa shape index (κ3) is 20.4. The first-order valence-corrected chi connectivity index (χ1v) is 10.1. The van der Waals surface area contributed by atoms with Crippen molar-refractivity contribution in [2.45, 2.75) is 56.7 Å². The van der Waals surface area contributed by atoms with Crippen LogP contribution in [0.5, 0.6) is 0 Å². The molecule has 0 bridgehead atoms. The molecule has 0 aliphatic carbocycles. The van der Waals surface area contributed by atoms with Crippen molar-refractivity contribution in [3.8, 4) is 0 Å². The van der Waals surface area contributed by atoms with Crippen LogP contribution < -0.4 is 34.0 Å². The maximum atomic E-state index is 10.3. The third-order valence-corrected chi connectivity index (χ3v) is 3.91. The number of carboxylic acids is 3. The van der Waals surface area contributed by atoms with Crippen LogP contribution in [0.1, 0.15) is 37.8 Å². The summed E-state index contributed by atoms with van der Waals surface area (Å²) in [6, 6.07) is -2.40. The van der Waals surface area contributed by atoms with Crippen LogP contribution in [0.15, 0.2) is 12.5 Å². The van der Waals surface area contributed by atoms with Crippen molar-refractivity contribution in [2.75, 3.05) is 13.1 Å². The molecule has 1 aromatic heterocycles. The number of H-pyrrole nitrogens is 1. The summed E-state index contributed by atoms with van der Waals surface area (Å²) in [6.45, 7) is 1.09. The van der Waals surface area contributed by atoms with Crippen LogP contribution in [0.25, 0.3) is 0 Å². The lowest BCUT2D eigenvalue weighted by Crippen LogP contribution is -2.34. The molecule has 1 heterocycles. The molecular formula is C18H37N9O6. The second-order valence-corrected chi connectivity index (χ2v) is 6.87. The molecule has 0 radical (unpaired) electrons. The standard InChI is InChI=1S/C6H14N4O2.C6H9N3O2.C6H14N2O2/c7-4(5(11)12)2-1-3-10-6(8)9;7-5(6(10)11)1-4-2-8-3-9-4;7-4-2-1-3-5(8)6(9)10/h4H,1-3,7H2,(H,11,12)(H4,8,9,10);2-3,5H,1,7H2,(H,8,9)(H,10,11);5H,1-4,7-8H2,(H,9,10)/t4-;2*5-/m000/s1. The zero-order valence-corrected chi connectivity index (χ0v) is 18.4. The Morgan fingerprint density at radius 2 is 1.48 bits per heavy atom. The van der Waals surface area contributed by atoms with E-state index in [4.69, 9.17) is 49.4 Å². The van der Waals surface area contributed by atoms with Crippen molar-refractivity contribution in [2.24, 2.45) is 28.7 Å². The summed E-state index contributed by atoms with van der Waals surface area (Å²) < 4.78 is 0. The highest BCUT2D eigenvalue weighted by Gasteiger charge is 2.12. The largest absolute Gasteiger partial charge is 0.480 e. The van der Waals surface area contributed by atoms with E-state index in [1.54, 1.807) is 6.20 Å². The smallest absolute Gasteiger partial charge is 0.320 e. The molecule has 190 valence electrons. The summed E-state index contributed by atoms with van der Waals surface area (Å²) in [5.41, 5.74) is 26.6. The molecule has 1 aromatic rings. The van der Waals surface area contributed by atoms with Crippen molar-refractivity contribution >= 4 is 23.9 Å². The Morgan fingerprint density at radius 3 is 1.88 bits per heavy atom. The van der Waals surface area contributed by atoms with Crippen molar-refractivity contribution < 1.29 is 29.7 Å². The molecule has 0 amide bonds. The van der Waals surface area contributed by atoms with E-state index in [0.717, 1.165) is 12.8 Å². The molecule has 0 aliphatic rings. The number of aromatic amines is 1. The Kier molecular flexibility index (Phi) is 18.8. The fraction of sp³-hybridized carbons (Fsp3) is 0.611. The average Bonchev–Trinajstić information content (AvgIpc) is 3.24. The normalized spacial score (nSPS) is 12.6. The number of rotatable bonds is 13. The predicted molar refractivity (Wildman–Crippen MR) is 121 cm³/mol. The van der Waals surface area contributed by atoms with E-state index < -0.39 is 36.0 Å². The van der Waals surface area contributed by atoms with Crippen molar-refractivity contribution in [3.05, 3.63) is 18.2 Å². The van der Waals surface area contributed by atoms with Crippen LogP contribution >= 0.6 is 0 Å². The van der Waals surface area contributed by atoms with Gasteiger partial charge in [0.1, 0.15) is 18.1 Å². The lowest BCUT2D eigenvalue weighted by Gasteiger charge is -2.06. The lowest BCUT2D eigenvalue weighted by molar-refractivity contribution is -0.139. The molecule has 3 atom stereocenters. The first-order chi connectivity index (χ1) is 15.4. The van der Waals surface area contributed by atoms with Crippen LogP contribution in [0.3, 0.4) is 0 Å². The van der Waals surface area contributed by atoms with Gasteiger partial charge in [-0.2, -0.15) is 0 Å². The maximum Gasteiger partial charge on any atom is 0.320 e. The molecule has 0 saturated carbocycles. The lowest BCUT2D eigenvalue weighted by atomic mass is 10.1. The molecule has 15 heteroatoms. The monoisotopic (exact) mass is 475 g/mol. The molecule has 0 unspecified atom stereocenters. The van der Waals surface area contributed by atoms with Gasteiger partial charge in [-0.05, 0) is 32.2 Å². The molecule has 0 aliphatic heterocycles. The highest BCUT2D eigenvalue weighted by atomic mass is 16.4. The third-order valence-electron chi connectivity index (χ3n) is 3.91. The van der Waals surface area contributed by atoms with Crippen molar-refractivity contribution in [1.29, 1.82) is 5.41 Å². The highest BCUT2D eigenvalue weighted by Crippen LogP contribution is 1.97. The number of guanidine groups is 1. The number of nitrogens with zero attached hydrogens (tertiary/aromatic N) is 1. The van der Waals surface area contributed by atoms with Crippen molar-refractivity contribution in [3.63, 3.8) is 0 Å². The summed E-state index contributed by atoms with van der Waals surface area (Å²) in [7, 11) is 0. The molecular weight excluding hydrogens is 438 g/mol. The first-order valence-electron chi connectivity index (χ1n) is 10.1. The zero-order valence-electron chi connectivity index (χ0n) is 18.4. The molecule has 33 heavy (non-hydrogen) atoms. The maximum absolute atomic E-state index is 10.3. The summed E-state index contributed by atoms with van der Waals surface area (Å²) in [4.78, 5) is 37.2. The topological polar surface area (TPSA) is 307 Å². The van der Waals surface area contributed by atoms with Gasteiger partial charge in [-0.15, -0.1) is 0 Å². The van der Waals surface area contributed by atoms with E-state index in [-0.39, 0.29) is 12.4 Å². The molecule has 15 nitrogen and oxygen atoms in total. The number of unbranched alkanes of at least 4 members (excludes halogenated alkanes) is 1. The number of imidazole rings is 1. The second kappa shape index (κ2) is 19.4. The SMILES string of the molecule is N=C(N)NCCC[C@H](N)C(=O)O.NCCCC[C@H](N)C(=O)O.N[C@@H](Cc1c[nH]cn1)C(=O)O. The highest BCUT2D eigenvalue weighted by molar-refractivity contribution is 5.74. The zero-order chi connectivity index (χ0) is 25.8. The molecule has 16 N–H and O–H groups in total. The van der Waals surface area contributed by atoms with E-state index in [1.807, 2.05) is 0 Å². The fourth-order valence-electron chi connectivity index (χ4n) is 2.02. The van der Waals surface area contributed by atoms with Crippen LogP contribution in [0, 0.1) is 5.41 Å². The summed E-state index contributed by atoms with van der Waals surface area (Å²) in [6.07, 6.45) is 6.52. The average molecular weight is 476 g/mol. The van der Waals surface area contributed by atoms with Gasteiger partial charge in [0, 0.05) is 19.2 Å². The minimum absolute atomic E-state index is 0.112. The van der Waals surface area contributed by atoms with Gasteiger partial charge >= 0.3 is 17.9 Å². The number of aromatic nitrogens is 2. The van der Waals surface area contributed by atoms with Crippen LogP contribution in [0.2, 0.25) is 0 Å². The molecule has 1 rings (SSSR count). The number of hydrogen-bond donors (Lipinski definition) is 11. The van der Waals surface area contributed by atoms with Crippen LogP contribution in [-0.4, -0.2) is 80.4 Å². The summed E-state index contributed by atoms with van der Waals surface area (Å²) in [5.74, 6) is -3.05. The number of hydrogen-bond acceptors (Lipinski definition) is 9. The Hall–Kier alpha value is -3.27. The number of aliphatic carboxylic acids is 3. The van der Waals surface area contributed by atoms with E-state index in [0.29, 0.717) is 38.0 Å². The molecule has 0 fully saturated rings. The Balaban J connectivity index is 0. The van der Waals surface area contributed by atoms with E-state index in [1.165, 1.54) is 6.33 Å². The Morgan fingerprint density at radius 1 is 0.970 bits per heavy atom. The Labute approximate surface area is 191 Å². The molecule has 0 aromatic carbocycles. The first kappa shape index (κ1) is 31.9. The van der Waals surface area contributed by atoms with E-state index in [9.17, 15) is 14.4 Å². The van der Waals surface area contributed by atoms with Gasteiger partial charge in [-0.1, -0.05) is 6.42 Å². The number of carbonyl (C=O) groups is 3.